The quantitative estimate of drug-likeness (QED) is 0.400. The molecule has 3 rings (SSSR count). The predicted molar refractivity (Wildman–Crippen MR) is 97.3 cm³/mol. The molecular weight excluding hydrogens is 326 g/mol. The fourth-order valence-corrected chi connectivity index (χ4v) is 4.33. The van der Waals surface area contributed by atoms with Gasteiger partial charge in [0.2, 0.25) is 0 Å². The highest BCUT2D eigenvalue weighted by Crippen LogP contribution is 2.29. The average molecular weight is 343 g/mol. The first kappa shape index (κ1) is 16.0. The zero-order valence-corrected chi connectivity index (χ0v) is 14.7. The lowest BCUT2D eigenvalue weighted by atomic mass is 10.2. The van der Waals surface area contributed by atoms with Crippen LogP contribution in [0.15, 0.2) is 47.0 Å². The zero-order valence-electron chi connectivity index (χ0n) is 13.1. The molecule has 0 atom stereocenters. The molecule has 3 aromatic heterocycles. The van der Waals surface area contributed by atoms with E-state index in [4.69, 9.17) is 4.98 Å². The second kappa shape index (κ2) is 6.68. The Bertz CT molecular complexity index is 913. The van der Waals surface area contributed by atoms with Crippen molar-refractivity contribution in [3.63, 3.8) is 0 Å². The van der Waals surface area contributed by atoms with E-state index in [2.05, 4.69) is 11.6 Å². The normalized spacial score (nSPS) is 11.0. The van der Waals surface area contributed by atoms with Gasteiger partial charge in [0, 0.05) is 23.4 Å². The summed E-state index contributed by atoms with van der Waals surface area (Å²) in [4.78, 5) is 23.8. The van der Waals surface area contributed by atoms with E-state index in [1.807, 2.05) is 32.0 Å². The van der Waals surface area contributed by atoms with Crippen molar-refractivity contribution in [2.24, 2.45) is 0 Å². The summed E-state index contributed by atoms with van der Waals surface area (Å²) in [6.07, 6.45) is 3.50. The number of aryl methyl sites for hydroxylation is 2. The molecule has 0 aliphatic heterocycles. The number of rotatable bonds is 5. The molecule has 0 aromatic carbocycles. The third-order valence-electron chi connectivity index (χ3n) is 3.64. The monoisotopic (exact) mass is 343 g/mol. The molecule has 23 heavy (non-hydrogen) atoms. The van der Waals surface area contributed by atoms with Crippen molar-refractivity contribution in [2.45, 2.75) is 31.3 Å². The first-order valence-corrected chi connectivity index (χ1v) is 9.06. The molecule has 3 heterocycles. The Kier molecular flexibility index (Phi) is 4.63. The van der Waals surface area contributed by atoms with E-state index in [9.17, 15) is 4.79 Å². The molecule has 0 saturated carbocycles. The molecule has 0 bridgehead atoms. The number of allylic oxidation sites excluding steroid dienone is 1. The van der Waals surface area contributed by atoms with Crippen molar-refractivity contribution in [3.05, 3.63) is 63.5 Å². The second-order valence-corrected chi connectivity index (χ2v) is 7.32. The SMILES string of the molecule is C=CCn1c(SCc2ccccn2)nc2sc(C)c(C)c2c1=O. The van der Waals surface area contributed by atoms with Crippen LogP contribution in [0.25, 0.3) is 10.2 Å². The van der Waals surface area contributed by atoms with Gasteiger partial charge in [-0.05, 0) is 31.5 Å². The van der Waals surface area contributed by atoms with Gasteiger partial charge in [-0.2, -0.15) is 0 Å². The molecule has 0 radical (unpaired) electrons. The number of nitrogens with zero attached hydrogens (tertiary/aromatic N) is 3. The maximum Gasteiger partial charge on any atom is 0.263 e. The Labute approximate surface area is 142 Å². The van der Waals surface area contributed by atoms with Crippen LogP contribution in [0.4, 0.5) is 0 Å². The summed E-state index contributed by atoms with van der Waals surface area (Å²) in [7, 11) is 0. The molecule has 0 fully saturated rings. The Morgan fingerprint density at radius 3 is 2.91 bits per heavy atom. The van der Waals surface area contributed by atoms with Crippen molar-refractivity contribution < 1.29 is 0 Å². The van der Waals surface area contributed by atoms with Crippen LogP contribution in [0.5, 0.6) is 0 Å². The lowest BCUT2D eigenvalue weighted by Gasteiger charge is -2.10. The van der Waals surface area contributed by atoms with Crippen LogP contribution in [0, 0.1) is 13.8 Å². The van der Waals surface area contributed by atoms with E-state index in [-0.39, 0.29) is 5.56 Å². The summed E-state index contributed by atoms with van der Waals surface area (Å²) in [5.41, 5.74) is 2.01. The minimum absolute atomic E-state index is 0.0141. The Morgan fingerprint density at radius 1 is 1.39 bits per heavy atom. The molecule has 4 nitrogen and oxygen atoms in total. The van der Waals surface area contributed by atoms with Crippen molar-refractivity contribution in [1.29, 1.82) is 0 Å². The summed E-state index contributed by atoms with van der Waals surface area (Å²) in [6, 6.07) is 5.83. The Balaban J connectivity index is 2.06. The zero-order chi connectivity index (χ0) is 16.4. The molecule has 0 aliphatic carbocycles. The molecule has 118 valence electrons. The smallest absolute Gasteiger partial charge is 0.263 e. The topological polar surface area (TPSA) is 47.8 Å². The maximum absolute atomic E-state index is 12.8. The van der Waals surface area contributed by atoms with Gasteiger partial charge in [-0.15, -0.1) is 17.9 Å². The minimum Gasteiger partial charge on any atom is -0.283 e. The summed E-state index contributed by atoms with van der Waals surface area (Å²) < 4.78 is 1.70. The fourth-order valence-electron chi connectivity index (χ4n) is 2.33. The first-order chi connectivity index (χ1) is 11.1. The number of hydrogen-bond acceptors (Lipinski definition) is 5. The van der Waals surface area contributed by atoms with E-state index in [1.54, 1.807) is 28.2 Å². The van der Waals surface area contributed by atoms with Crippen LogP contribution in [0.1, 0.15) is 16.1 Å². The van der Waals surface area contributed by atoms with Gasteiger partial charge < -0.3 is 0 Å². The van der Waals surface area contributed by atoms with Crippen LogP contribution >= 0.6 is 23.1 Å². The van der Waals surface area contributed by atoms with Crippen LogP contribution < -0.4 is 5.56 Å². The molecule has 0 saturated heterocycles. The molecule has 6 heteroatoms. The van der Waals surface area contributed by atoms with Crippen molar-refractivity contribution in [1.82, 2.24) is 14.5 Å². The van der Waals surface area contributed by atoms with Gasteiger partial charge in [-0.25, -0.2) is 4.98 Å². The molecule has 0 amide bonds. The minimum atomic E-state index is 0.0141. The fraction of sp³-hybridized carbons (Fsp3) is 0.235. The highest BCUT2D eigenvalue weighted by molar-refractivity contribution is 7.98. The summed E-state index contributed by atoms with van der Waals surface area (Å²) in [5, 5.41) is 1.45. The second-order valence-electron chi connectivity index (χ2n) is 5.17. The van der Waals surface area contributed by atoms with Gasteiger partial charge in [0.15, 0.2) is 5.16 Å². The van der Waals surface area contributed by atoms with Gasteiger partial charge >= 0.3 is 0 Å². The highest BCUT2D eigenvalue weighted by atomic mass is 32.2. The van der Waals surface area contributed by atoms with E-state index < -0.39 is 0 Å². The third-order valence-corrected chi connectivity index (χ3v) is 5.75. The number of fused-ring (bicyclic) bond motifs is 1. The Morgan fingerprint density at radius 2 is 2.22 bits per heavy atom. The van der Waals surface area contributed by atoms with Crippen molar-refractivity contribution in [2.75, 3.05) is 0 Å². The highest BCUT2D eigenvalue weighted by Gasteiger charge is 2.16. The summed E-state index contributed by atoms with van der Waals surface area (Å²) in [6.45, 7) is 8.23. The number of thioether (sulfide) groups is 1. The molecule has 0 aliphatic rings. The van der Waals surface area contributed by atoms with Gasteiger partial charge in [-0.1, -0.05) is 23.9 Å². The van der Waals surface area contributed by atoms with E-state index in [0.717, 1.165) is 26.4 Å². The van der Waals surface area contributed by atoms with E-state index in [1.165, 1.54) is 11.8 Å². The van der Waals surface area contributed by atoms with Gasteiger partial charge in [0.05, 0.1) is 11.1 Å². The molecule has 0 N–H and O–H groups in total. The van der Waals surface area contributed by atoms with Gasteiger partial charge in [0.1, 0.15) is 4.83 Å². The molecule has 3 aromatic rings. The van der Waals surface area contributed by atoms with Crippen LogP contribution in [-0.2, 0) is 12.3 Å². The third kappa shape index (κ3) is 3.09. The number of hydrogen-bond donors (Lipinski definition) is 0. The lowest BCUT2D eigenvalue weighted by Crippen LogP contribution is -2.22. The van der Waals surface area contributed by atoms with Crippen LogP contribution in [0.3, 0.4) is 0 Å². The van der Waals surface area contributed by atoms with E-state index in [0.29, 0.717) is 17.5 Å². The largest absolute Gasteiger partial charge is 0.283 e. The maximum atomic E-state index is 12.8. The van der Waals surface area contributed by atoms with Crippen LogP contribution in [0.2, 0.25) is 0 Å². The number of thiophene rings is 1. The molecule has 0 spiro atoms. The van der Waals surface area contributed by atoms with Crippen molar-refractivity contribution in [3.8, 4) is 0 Å². The number of aromatic nitrogens is 3. The Hall–Kier alpha value is -1.92. The first-order valence-electron chi connectivity index (χ1n) is 7.26. The standard InChI is InChI=1S/C17H17N3OS2/c1-4-9-20-16(21)14-11(2)12(3)23-15(14)19-17(20)22-10-13-7-5-6-8-18-13/h4-8H,1,9-10H2,2-3H3. The summed E-state index contributed by atoms with van der Waals surface area (Å²) >= 11 is 3.11. The van der Waals surface area contributed by atoms with Crippen LogP contribution in [-0.4, -0.2) is 14.5 Å². The van der Waals surface area contributed by atoms with Gasteiger partial charge in [-0.3, -0.25) is 14.3 Å². The average Bonchev–Trinajstić information content (AvgIpc) is 2.84. The lowest BCUT2D eigenvalue weighted by molar-refractivity contribution is 0.672. The number of pyridine rings is 1. The molecular formula is C17H17N3OS2. The summed E-state index contributed by atoms with van der Waals surface area (Å²) in [5.74, 6) is 0.680. The van der Waals surface area contributed by atoms with E-state index >= 15 is 0 Å². The van der Waals surface area contributed by atoms with Crippen molar-refractivity contribution >= 4 is 33.3 Å². The predicted octanol–water partition coefficient (Wildman–Crippen LogP) is 3.95. The van der Waals surface area contributed by atoms with Gasteiger partial charge in [0.25, 0.3) is 5.56 Å². The molecule has 0 unspecified atom stereocenters.